The molecular formula is C17H20N4O3. The van der Waals surface area contributed by atoms with Crippen LogP contribution in [0.5, 0.6) is 5.75 Å². The van der Waals surface area contributed by atoms with E-state index in [1.165, 1.54) is 11.6 Å². The first-order valence-corrected chi connectivity index (χ1v) is 7.71. The highest BCUT2D eigenvalue weighted by atomic mass is 16.5. The number of aromatic nitrogens is 4. The van der Waals surface area contributed by atoms with Gasteiger partial charge in [0.25, 0.3) is 5.56 Å². The van der Waals surface area contributed by atoms with E-state index in [4.69, 9.17) is 4.74 Å². The van der Waals surface area contributed by atoms with Gasteiger partial charge in [0, 0.05) is 14.1 Å². The second-order valence-electron chi connectivity index (χ2n) is 5.93. The van der Waals surface area contributed by atoms with E-state index in [0.717, 1.165) is 21.4 Å². The molecule has 3 aromatic rings. The van der Waals surface area contributed by atoms with Gasteiger partial charge >= 0.3 is 5.69 Å². The summed E-state index contributed by atoms with van der Waals surface area (Å²) < 4.78 is 10.0. The predicted molar refractivity (Wildman–Crippen MR) is 91.6 cm³/mol. The zero-order valence-corrected chi connectivity index (χ0v) is 14.2. The first-order chi connectivity index (χ1) is 11.4. The Morgan fingerprint density at radius 3 is 2.62 bits per heavy atom. The number of imidazole rings is 1. The number of hydrogen-bond donors (Lipinski definition) is 0. The first kappa shape index (κ1) is 16.0. The fourth-order valence-corrected chi connectivity index (χ4v) is 2.68. The summed E-state index contributed by atoms with van der Waals surface area (Å²) in [6, 6.07) is 6.04. The zero-order chi connectivity index (χ0) is 17.4. The molecule has 2 aromatic heterocycles. The smallest absolute Gasteiger partial charge is 0.332 e. The number of nitrogens with zero attached hydrogens (tertiary/aromatic N) is 4. The van der Waals surface area contributed by atoms with Crippen LogP contribution < -0.4 is 16.0 Å². The van der Waals surface area contributed by atoms with Crippen molar-refractivity contribution in [3.63, 3.8) is 0 Å². The number of aryl methyl sites for hydroxylation is 3. The van der Waals surface area contributed by atoms with Gasteiger partial charge in [0.2, 0.25) is 0 Å². The summed E-state index contributed by atoms with van der Waals surface area (Å²) in [6.45, 7) is 4.88. The Balaban J connectivity index is 1.88. The minimum Gasteiger partial charge on any atom is -0.491 e. The molecule has 0 radical (unpaired) electrons. The van der Waals surface area contributed by atoms with Crippen molar-refractivity contribution in [2.75, 3.05) is 6.61 Å². The molecule has 0 bridgehead atoms. The molecular weight excluding hydrogens is 308 g/mol. The molecule has 0 amide bonds. The van der Waals surface area contributed by atoms with Crippen LogP contribution in [-0.4, -0.2) is 25.3 Å². The second kappa shape index (κ2) is 5.99. The molecule has 0 N–H and O–H groups in total. The molecule has 126 valence electrons. The molecule has 2 heterocycles. The van der Waals surface area contributed by atoms with Gasteiger partial charge in [0.1, 0.15) is 12.4 Å². The number of rotatable bonds is 4. The van der Waals surface area contributed by atoms with Gasteiger partial charge < -0.3 is 9.30 Å². The van der Waals surface area contributed by atoms with Crippen molar-refractivity contribution in [2.24, 2.45) is 14.1 Å². The van der Waals surface area contributed by atoms with E-state index in [1.54, 1.807) is 17.9 Å². The average molecular weight is 328 g/mol. The number of ether oxygens (including phenoxy) is 1. The molecule has 0 unspecified atom stereocenters. The van der Waals surface area contributed by atoms with Gasteiger partial charge in [-0.15, -0.1) is 0 Å². The van der Waals surface area contributed by atoms with Gasteiger partial charge in [-0.25, -0.2) is 9.78 Å². The highest BCUT2D eigenvalue weighted by molar-refractivity contribution is 5.69. The summed E-state index contributed by atoms with van der Waals surface area (Å²) in [5.74, 6) is 0.833. The SMILES string of the molecule is Cc1ccc(C)c(OCCn2cnc3c2c(=O)n(C)c(=O)n3C)c1. The lowest BCUT2D eigenvalue weighted by Gasteiger charge is -2.11. The molecule has 0 aliphatic heterocycles. The van der Waals surface area contributed by atoms with E-state index in [9.17, 15) is 9.59 Å². The van der Waals surface area contributed by atoms with Crippen molar-refractivity contribution in [3.8, 4) is 5.75 Å². The van der Waals surface area contributed by atoms with Gasteiger partial charge in [-0.2, -0.15) is 0 Å². The van der Waals surface area contributed by atoms with E-state index in [1.807, 2.05) is 32.0 Å². The molecule has 0 fully saturated rings. The maximum Gasteiger partial charge on any atom is 0.332 e. The Kier molecular flexibility index (Phi) is 4.01. The number of hydrogen-bond acceptors (Lipinski definition) is 4. The lowest BCUT2D eigenvalue weighted by molar-refractivity contribution is 0.298. The Morgan fingerprint density at radius 1 is 1.12 bits per heavy atom. The summed E-state index contributed by atoms with van der Waals surface area (Å²) in [5, 5.41) is 0. The van der Waals surface area contributed by atoms with Gasteiger partial charge in [0.15, 0.2) is 11.2 Å². The molecule has 0 aliphatic carbocycles. The van der Waals surface area contributed by atoms with Crippen molar-refractivity contribution in [1.29, 1.82) is 0 Å². The van der Waals surface area contributed by atoms with Crippen LogP contribution >= 0.6 is 0 Å². The van der Waals surface area contributed by atoms with E-state index < -0.39 is 0 Å². The molecule has 0 atom stereocenters. The van der Waals surface area contributed by atoms with Crippen molar-refractivity contribution in [1.82, 2.24) is 18.7 Å². The van der Waals surface area contributed by atoms with E-state index in [2.05, 4.69) is 4.98 Å². The fourth-order valence-electron chi connectivity index (χ4n) is 2.68. The van der Waals surface area contributed by atoms with Crippen LogP contribution in [0.15, 0.2) is 34.1 Å². The quantitative estimate of drug-likeness (QED) is 0.720. The Labute approximate surface area is 138 Å². The standard InChI is InChI=1S/C17H20N4O3/c1-11-5-6-12(2)13(9-11)24-8-7-21-10-18-15-14(21)16(22)20(4)17(23)19(15)3/h5-6,9-10H,7-8H2,1-4H3. The third kappa shape index (κ3) is 2.62. The lowest BCUT2D eigenvalue weighted by atomic mass is 10.1. The van der Waals surface area contributed by atoms with Gasteiger partial charge in [-0.05, 0) is 31.0 Å². The van der Waals surface area contributed by atoms with Crippen LogP contribution in [-0.2, 0) is 20.6 Å². The summed E-state index contributed by atoms with van der Waals surface area (Å²) in [7, 11) is 3.07. The van der Waals surface area contributed by atoms with Crippen molar-refractivity contribution >= 4 is 11.2 Å². The first-order valence-electron chi connectivity index (χ1n) is 7.71. The maximum absolute atomic E-state index is 12.4. The van der Waals surface area contributed by atoms with Crippen LogP contribution in [0.4, 0.5) is 0 Å². The molecule has 0 aliphatic rings. The summed E-state index contributed by atoms with van der Waals surface area (Å²) in [4.78, 5) is 28.5. The third-order valence-corrected chi connectivity index (χ3v) is 4.15. The molecule has 1 aromatic carbocycles. The Bertz CT molecular complexity index is 1030. The minimum absolute atomic E-state index is 0.350. The second-order valence-corrected chi connectivity index (χ2v) is 5.93. The number of fused-ring (bicyclic) bond motifs is 1. The monoisotopic (exact) mass is 328 g/mol. The van der Waals surface area contributed by atoms with Crippen molar-refractivity contribution in [3.05, 3.63) is 56.5 Å². The predicted octanol–water partition coefficient (Wildman–Crippen LogP) is 1.13. The highest BCUT2D eigenvalue weighted by Crippen LogP contribution is 2.19. The van der Waals surface area contributed by atoms with E-state index in [-0.39, 0.29) is 11.2 Å². The molecule has 0 saturated carbocycles. The lowest BCUT2D eigenvalue weighted by Crippen LogP contribution is -2.37. The average Bonchev–Trinajstić information content (AvgIpc) is 2.98. The maximum atomic E-state index is 12.4. The molecule has 3 rings (SSSR count). The largest absolute Gasteiger partial charge is 0.491 e. The Hall–Kier alpha value is -2.83. The van der Waals surface area contributed by atoms with Gasteiger partial charge in [0.05, 0.1) is 12.9 Å². The molecule has 7 heteroatoms. The molecule has 24 heavy (non-hydrogen) atoms. The van der Waals surface area contributed by atoms with Crippen LogP contribution in [0.25, 0.3) is 11.2 Å². The van der Waals surface area contributed by atoms with Crippen LogP contribution in [0.3, 0.4) is 0 Å². The zero-order valence-electron chi connectivity index (χ0n) is 14.2. The van der Waals surface area contributed by atoms with Crippen molar-refractivity contribution in [2.45, 2.75) is 20.4 Å². The van der Waals surface area contributed by atoms with Crippen LogP contribution in [0, 0.1) is 13.8 Å². The van der Waals surface area contributed by atoms with Gasteiger partial charge in [-0.3, -0.25) is 13.9 Å². The van der Waals surface area contributed by atoms with E-state index in [0.29, 0.717) is 24.3 Å². The van der Waals surface area contributed by atoms with E-state index >= 15 is 0 Å². The normalized spacial score (nSPS) is 11.2. The fraction of sp³-hybridized carbons (Fsp3) is 0.353. The summed E-state index contributed by atoms with van der Waals surface area (Å²) in [5.41, 5.74) is 2.25. The highest BCUT2D eigenvalue weighted by Gasteiger charge is 2.14. The topological polar surface area (TPSA) is 71.1 Å². The minimum atomic E-state index is -0.385. The molecule has 0 saturated heterocycles. The third-order valence-electron chi connectivity index (χ3n) is 4.15. The number of benzene rings is 1. The van der Waals surface area contributed by atoms with Gasteiger partial charge in [-0.1, -0.05) is 12.1 Å². The molecule has 7 nitrogen and oxygen atoms in total. The summed E-state index contributed by atoms with van der Waals surface area (Å²) in [6.07, 6.45) is 1.57. The summed E-state index contributed by atoms with van der Waals surface area (Å²) >= 11 is 0. The Morgan fingerprint density at radius 2 is 1.88 bits per heavy atom. The van der Waals surface area contributed by atoms with Crippen LogP contribution in [0.2, 0.25) is 0 Å². The molecule has 0 spiro atoms. The van der Waals surface area contributed by atoms with Crippen molar-refractivity contribution < 1.29 is 4.74 Å². The van der Waals surface area contributed by atoms with Crippen LogP contribution in [0.1, 0.15) is 11.1 Å².